The van der Waals surface area contributed by atoms with Gasteiger partial charge in [-0.3, -0.25) is 4.90 Å². The fourth-order valence-corrected chi connectivity index (χ4v) is 2.15. The van der Waals surface area contributed by atoms with Gasteiger partial charge in [0.05, 0.1) is 18.2 Å². The Morgan fingerprint density at radius 2 is 2.11 bits per heavy atom. The van der Waals surface area contributed by atoms with Gasteiger partial charge in [0.1, 0.15) is 5.76 Å². The average Bonchev–Trinajstić information content (AvgIpc) is 2.74. The highest BCUT2D eigenvalue weighted by Crippen LogP contribution is 2.16. The smallest absolute Gasteiger partial charge is 0.169 e. The molecule has 0 unspecified atom stereocenters. The van der Waals surface area contributed by atoms with Crippen molar-refractivity contribution in [1.82, 2.24) is 4.90 Å². The summed E-state index contributed by atoms with van der Waals surface area (Å²) >= 11 is 3.29. The second-order valence-electron chi connectivity index (χ2n) is 4.19. The average molecular weight is 305 g/mol. The summed E-state index contributed by atoms with van der Waals surface area (Å²) in [7, 11) is 2.02. The van der Waals surface area contributed by atoms with Crippen molar-refractivity contribution in [3.05, 3.63) is 58.0 Å². The highest BCUT2D eigenvalue weighted by molar-refractivity contribution is 9.10. The largest absolute Gasteiger partial charge is 0.453 e. The Kier molecular flexibility index (Phi) is 4.19. The zero-order valence-electron chi connectivity index (χ0n) is 10.1. The Morgan fingerprint density at radius 3 is 2.78 bits per heavy atom. The molecule has 0 saturated carbocycles. The molecule has 1 aromatic heterocycles. The van der Waals surface area contributed by atoms with Crippen molar-refractivity contribution in [2.75, 3.05) is 7.05 Å². The van der Waals surface area contributed by atoms with Crippen molar-refractivity contribution >= 4 is 15.9 Å². The molecule has 3 nitrogen and oxygen atoms in total. The van der Waals surface area contributed by atoms with E-state index in [-0.39, 0.29) is 0 Å². The van der Waals surface area contributed by atoms with Crippen LogP contribution in [0.2, 0.25) is 0 Å². The minimum Gasteiger partial charge on any atom is -0.453 e. The van der Waals surface area contributed by atoms with Crippen LogP contribution in [0.3, 0.4) is 0 Å². The molecule has 0 amide bonds. The van der Waals surface area contributed by atoms with E-state index in [1.807, 2.05) is 43.4 Å². The number of rotatable bonds is 4. The lowest BCUT2D eigenvalue weighted by molar-refractivity contribution is 0.285. The van der Waals surface area contributed by atoms with Gasteiger partial charge in [-0.1, -0.05) is 12.1 Å². The Hall–Kier alpha value is -1.57. The molecular formula is C14H13BrN2O. The van der Waals surface area contributed by atoms with Gasteiger partial charge in [0.15, 0.2) is 4.67 Å². The summed E-state index contributed by atoms with van der Waals surface area (Å²) in [4.78, 5) is 2.14. The molecule has 18 heavy (non-hydrogen) atoms. The summed E-state index contributed by atoms with van der Waals surface area (Å²) in [6.45, 7) is 1.52. The molecule has 0 atom stereocenters. The van der Waals surface area contributed by atoms with Crippen LogP contribution in [0, 0.1) is 11.3 Å². The van der Waals surface area contributed by atoms with Crippen LogP contribution in [0.4, 0.5) is 0 Å². The zero-order valence-corrected chi connectivity index (χ0v) is 11.6. The molecule has 4 heteroatoms. The van der Waals surface area contributed by atoms with Gasteiger partial charge in [0.2, 0.25) is 0 Å². The molecule has 0 N–H and O–H groups in total. The first-order chi connectivity index (χ1) is 8.67. The molecule has 2 rings (SSSR count). The maximum absolute atomic E-state index is 8.85. The van der Waals surface area contributed by atoms with Gasteiger partial charge in [0, 0.05) is 6.54 Å². The van der Waals surface area contributed by atoms with Crippen LogP contribution in [0.15, 0.2) is 45.5 Å². The lowest BCUT2D eigenvalue weighted by Gasteiger charge is -2.15. The van der Waals surface area contributed by atoms with E-state index >= 15 is 0 Å². The quantitative estimate of drug-likeness (QED) is 0.867. The number of furan rings is 1. The van der Waals surface area contributed by atoms with Crippen molar-refractivity contribution in [1.29, 1.82) is 5.26 Å². The molecule has 0 aliphatic carbocycles. The van der Waals surface area contributed by atoms with E-state index in [2.05, 4.69) is 26.9 Å². The van der Waals surface area contributed by atoms with Crippen LogP contribution in [0.5, 0.6) is 0 Å². The summed E-state index contributed by atoms with van der Waals surface area (Å²) < 4.78 is 6.21. The molecule has 1 heterocycles. The summed E-state index contributed by atoms with van der Waals surface area (Å²) in [5.41, 5.74) is 1.82. The fraction of sp³-hybridized carbons (Fsp3) is 0.214. The topological polar surface area (TPSA) is 40.2 Å². The lowest BCUT2D eigenvalue weighted by Crippen LogP contribution is -2.16. The van der Waals surface area contributed by atoms with Gasteiger partial charge in [-0.2, -0.15) is 5.26 Å². The van der Waals surface area contributed by atoms with Crippen molar-refractivity contribution in [2.24, 2.45) is 0 Å². The Morgan fingerprint density at radius 1 is 1.28 bits per heavy atom. The number of hydrogen-bond acceptors (Lipinski definition) is 3. The van der Waals surface area contributed by atoms with E-state index in [9.17, 15) is 0 Å². The molecule has 2 aromatic rings. The third kappa shape index (κ3) is 3.46. The molecule has 0 aliphatic heterocycles. The summed E-state index contributed by atoms with van der Waals surface area (Å²) in [6, 6.07) is 13.6. The second-order valence-corrected chi connectivity index (χ2v) is 4.97. The molecule has 0 radical (unpaired) electrons. The minimum atomic E-state index is 0.696. The standard InChI is InChI=1S/C14H13BrN2O/c1-17(10-13-5-6-14(15)18-13)9-12-4-2-3-11(7-12)8-16/h2-7H,9-10H2,1H3. The Labute approximate surface area is 115 Å². The number of hydrogen-bond donors (Lipinski definition) is 0. The molecule has 0 fully saturated rings. The number of halogens is 1. The van der Waals surface area contributed by atoms with Gasteiger partial charge in [0.25, 0.3) is 0 Å². The summed E-state index contributed by atoms with van der Waals surface area (Å²) in [5.74, 6) is 0.917. The van der Waals surface area contributed by atoms with Gasteiger partial charge in [-0.05, 0) is 52.8 Å². The van der Waals surface area contributed by atoms with Crippen LogP contribution < -0.4 is 0 Å². The number of nitriles is 1. The molecule has 0 aliphatic rings. The van der Waals surface area contributed by atoms with E-state index < -0.39 is 0 Å². The second kappa shape index (κ2) is 5.85. The van der Waals surface area contributed by atoms with E-state index in [1.165, 1.54) is 0 Å². The monoisotopic (exact) mass is 304 g/mol. The van der Waals surface area contributed by atoms with Crippen molar-refractivity contribution < 1.29 is 4.42 Å². The van der Waals surface area contributed by atoms with Crippen LogP contribution in [-0.4, -0.2) is 11.9 Å². The zero-order chi connectivity index (χ0) is 13.0. The highest BCUT2D eigenvalue weighted by Gasteiger charge is 2.05. The maximum Gasteiger partial charge on any atom is 0.169 e. The molecule has 0 bridgehead atoms. The van der Waals surface area contributed by atoms with Crippen molar-refractivity contribution in [2.45, 2.75) is 13.1 Å². The number of nitrogens with zero attached hydrogens (tertiary/aromatic N) is 2. The lowest BCUT2D eigenvalue weighted by atomic mass is 10.1. The van der Waals surface area contributed by atoms with Crippen LogP contribution >= 0.6 is 15.9 Å². The predicted molar refractivity (Wildman–Crippen MR) is 72.7 cm³/mol. The minimum absolute atomic E-state index is 0.696. The van der Waals surface area contributed by atoms with E-state index in [1.54, 1.807) is 0 Å². The fourth-order valence-electron chi connectivity index (χ4n) is 1.81. The van der Waals surface area contributed by atoms with Crippen molar-refractivity contribution in [3.63, 3.8) is 0 Å². The van der Waals surface area contributed by atoms with Crippen LogP contribution in [0.25, 0.3) is 0 Å². The van der Waals surface area contributed by atoms with Crippen LogP contribution in [-0.2, 0) is 13.1 Å². The Balaban J connectivity index is 1.98. The van der Waals surface area contributed by atoms with Gasteiger partial charge < -0.3 is 4.42 Å². The Bertz CT molecular complexity index is 571. The SMILES string of the molecule is CN(Cc1cccc(C#N)c1)Cc1ccc(Br)o1. The van der Waals surface area contributed by atoms with Crippen LogP contribution in [0.1, 0.15) is 16.9 Å². The molecule has 1 aromatic carbocycles. The van der Waals surface area contributed by atoms with E-state index in [0.29, 0.717) is 5.56 Å². The first kappa shape index (κ1) is 12.9. The van der Waals surface area contributed by atoms with Crippen molar-refractivity contribution in [3.8, 4) is 6.07 Å². The summed E-state index contributed by atoms with van der Waals surface area (Å²) in [6.07, 6.45) is 0. The molecule has 0 spiro atoms. The van der Waals surface area contributed by atoms with Gasteiger partial charge in [-0.25, -0.2) is 0 Å². The highest BCUT2D eigenvalue weighted by atomic mass is 79.9. The molecule has 0 saturated heterocycles. The van der Waals surface area contributed by atoms with E-state index in [4.69, 9.17) is 9.68 Å². The normalized spacial score (nSPS) is 10.6. The molecule has 92 valence electrons. The summed E-state index contributed by atoms with van der Waals surface area (Å²) in [5, 5.41) is 8.85. The first-order valence-electron chi connectivity index (χ1n) is 5.59. The third-order valence-electron chi connectivity index (χ3n) is 2.56. The third-order valence-corrected chi connectivity index (χ3v) is 2.99. The predicted octanol–water partition coefficient (Wildman–Crippen LogP) is 3.55. The van der Waals surface area contributed by atoms with Gasteiger partial charge in [-0.15, -0.1) is 0 Å². The first-order valence-corrected chi connectivity index (χ1v) is 6.38. The molecular weight excluding hydrogens is 292 g/mol. The van der Waals surface area contributed by atoms with E-state index in [0.717, 1.165) is 29.1 Å². The van der Waals surface area contributed by atoms with Gasteiger partial charge >= 0.3 is 0 Å². The number of benzene rings is 1. The maximum atomic E-state index is 8.85.